The molecule has 8 heteroatoms. The summed E-state index contributed by atoms with van der Waals surface area (Å²) in [6.45, 7) is 0. The molecule has 1 fully saturated rings. The Labute approximate surface area is 140 Å². The predicted molar refractivity (Wildman–Crippen MR) is 81.9 cm³/mol. The Hall–Kier alpha value is -2.42. The van der Waals surface area contributed by atoms with Crippen LogP contribution in [0.1, 0.15) is 33.8 Å². The Morgan fingerprint density at radius 3 is 2.80 bits per heavy atom. The highest BCUT2D eigenvalue weighted by atomic mass is 16.7. The van der Waals surface area contributed by atoms with Crippen LogP contribution in [0.5, 0.6) is 11.5 Å². The van der Waals surface area contributed by atoms with Gasteiger partial charge in [0.1, 0.15) is 28.7 Å². The van der Waals surface area contributed by atoms with Crippen molar-refractivity contribution in [3.8, 4) is 11.5 Å². The van der Waals surface area contributed by atoms with Gasteiger partial charge in [0.2, 0.25) is 6.29 Å². The second-order valence-corrected chi connectivity index (χ2v) is 6.39. The van der Waals surface area contributed by atoms with Crippen LogP contribution in [0.25, 0.3) is 11.0 Å². The normalized spacial score (nSPS) is 29.5. The van der Waals surface area contributed by atoms with Crippen molar-refractivity contribution in [3.63, 3.8) is 0 Å². The molecule has 1 saturated heterocycles. The lowest BCUT2D eigenvalue weighted by atomic mass is 9.92. The molecule has 2 aliphatic heterocycles. The van der Waals surface area contributed by atoms with Gasteiger partial charge in [0.05, 0.1) is 24.0 Å². The number of ether oxygens (including phenoxy) is 3. The molecule has 5 rings (SSSR count). The first-order valence-electron chi connectivity index (χ1n) is 7.93. The summed E-state index contributed by atoms with van der Waals surface area (Å²) in [5.41, 5.74) is 0.594. The zero-order valence-corrected chi connectivity index (χ0v) is 13.1. The van der Waals surface area contributed by atoms with E-state index in [-0.39, 0.29) is 23.4 Å². The van der Waals surface area contributed by atoms with Gasteiger partial charge in [-0.1, -0.05) is 0 Å². The summed E-state index contributed by atoms with van der Waals surface area (Å²) in [4.78, 5) is 24.4. The van der Waals surface area contributed by atoms with E-state index in [2.05, 4.69) is 0 Å². The number of benzene rings is 1. The molecule has 2 N–H and O–H groups in total. The first-order chi connectivity index (χ1) is 12.0. The van der Waals surface area contributed by atoms with E-state index in [1.807, 2.05) is 0 Å². The number of carbonyl (C=O) groups is 1. The summed E-state index contributed by atoms with van der Waals surface area (Å²) in [6, 6.07) is 1.63. The van der Waals surface area contributed by atoms with Crippen molar-refractivity contribution < 1.29 is 33.6 Å². The Balaban J connectivity index is 1.88. The average molecular weight is 346 g/mol. The topological polar surface area (TPSA) is 115 Å². The van der Waals surface area contributed by atoms with Crippen LogP contribution in [0.2, 0.25) is 0 Å². The molecule has 0 bridgehead atoms. The highest BCUT2D eigenvalue weighted by Gasteiger charge is 2.52. The Morgan fingerprint density at radius 2 is 2.04 bits per heavy atom. The van der Waals surface area contributed by atoms with Crippen LogP contribution in [0.15, 0.2) is 15.3 Å². The van der Waals surface area contributed by atoms with Crippen molar-refractivity contribution in [1.29, 1.82) is 0 Å². The van der Waals surface area contributed by atoms with Gasteiger partial charge in [-0.3, -0.25) is 4.79 Å². The van der Waals surface area contributed by atoms with E-state index in [1.54, 1.807) is 6.07 Å². The number of Topliss-reactive ketones (excluding diaryl/α,β-unsaturated/α-hetero) is 1. The highest BCUT2D eigenvalue weighted by Crippen LogP contribution is 2.52. The quantitative estimate of drug-likeness (QED) is 0.715. The number of rotatable bonds is 1. The van der Waals surface area contributed by atoms with Crippen LogP contribution < -0.4 is 15.1 Å². The lowest BCUT2D eigenvalue weighted by Gasteiger charge is -2.16. The molecular weight excluding hydrogens is 332 g/mol. The zero-order valence-electron chi connectivity index (χ0n) is 13.1. The Kier molecular flexibility index (Phi) is 2.87. The number of hydrogen-bond acceptors (Lipinski definition) is 8. The van der Waals surface area contributed by atoms with Crippen LogP contribution in [0.4, 0.5) is 0 Å². The minimum atomic E-state index is -1.39. The third-order valence-electron chi connectivity index (χ3n) is 5.15. The minimum Gasteiger partial charge on any atom is -0.496 e. The predicted octanol–water partition coefficient (Wildman–Crippen LogP) is 0.442. The summed E-state index contributed by atoms with van der Waals surface area (Å²) in [5, 5.41) is 20.5. The van der Waals surface area contributed by atoms with Crippen LogP contribution in [-0.2, 0) is 11.2 Å². The number of fused-ring (bicyclic) bond motifs is 7. The fraction of sp³-hybridized carbons (Fsp3) is 0.412. The van der Waals surface area contributed by atoms with E-state index in [4.69, 9.17) is 18.6 Å². The molecule has 130 valence electrons. The fourth-order valence-corrected chi connectivity index (χ4v) is 4.05. The molecule has 25 heavy (non-hydrogen) atoms. The average Bonchev–Trinajstić information content (AvgIpc) is 3.21. The van der Waals surface area contributed by atoms with E-state index >= 15 is 0 Å². The number of aliphatic hydroxyl groups excluding tert-OH is 2. The second-order valence-electron chi connectivity index (χ2n) is 6.39. The van der Waals surface area contributed by atoms with Crippen LogP contribution in [0, 0.1) is 0 Å². The van der Waals surface area contributed by atoms with E-state index < -0.39 is 30.2 Å². The molecular formula is C17H14O8. The van der Waals surface area contributed by atoms with Crippen molar-refractivity contribution in [2.45, 2.75) is 37.4 Å². The van der Waals surface area contributed by atoms with Crippen molar-refractivity contribution in [1.82, 2.24) is 0 Å². The summed E-state index contributed by atoms with van der Waals surface area (Å²) in [6.07, 6.45) is -2.82. The lowest BCUT2D eigenvalue weighted by Crippen LogP contribution is -2.24. The third kappa shape index (κ3) is 1.76. The van der Waals surface area contributed by atoms with Gasteiger partial charge in [0.15, 0.2) is 12.1 Å². The summed E-state index contributed by atoms with van der Waals surface area (Å²) in [7, 11) is 1.47. The van der Waals surface area contributed by atoms with Gasteiger partial charge in [0, 0.05) is 12.5 Å². The third-order valence-corrected chi connectivity index (χ3v) is 5.15. The monoisotopic (exact) mass is 346 g/mol. The minimum absolute atomic E-state index is 0.0597. The molecule has 3 aliphatic rings. The lowest BCUT2D eigenvalue weighted by molar-refractivity contribution is -0.165. The van der Waals surface area contributed by atoms with Crippen molar-refractivity contribution >= 4 is 16.8 Å². The first-order valence-corrected chi connectivity index (χ1v) is 7.93. The van der Waals surface area contributed by atoms with E-state index in [1.165, 1.54) is 7.11 Å². The maximum absolute atomic E-state index is 12.4. The van der Waals surface area contributed by atoms with Gasteiger partial charge in [-0.25, -0.2) is 4.79 Å². The second kappa shape index (κ2) is 4.81. The molecule has 0 radical (unpaired) electrons. The molecule has 2 aromatic rings. The molecule has 1 aromatic carbocycles. The van der Waals surface area contributed by atoms with Crippen LogP contribution in [0.3, 0.4) is 0 Å². The summed E-state index contributed by atoms with van der Waals surface area (Å²) < 4.78 is 21.7. The zero-order chi connectivity index (χ0) is 17.5. The van der Waals surface area contributed by atoms with Gasteiger partial charge >= 0.3 is 5.63 Å². The highest BCUT2D eigenvalue weighted by molar-refractivity contribution is 6.06. The van der Waals surface area contributed by atoms with E-state index in [9.17, 15) is 19.8 Å². The molecule has 0 amide bonds. The number of aliphatic hydroxyl groups is 2. The maximum atomic E-state index is 12.4. The number of aryl methyl sites for hydroxylation is 1. The van der Waals surface area contributed by atoms with Gasteiger partial charge < -0.3 is 28.8 Å². The molecule has 8 nitrogen and oxygen atoms in total. The number of ketones is 1. The molecule has 1 aromatic heterocycles. The molecule has 4 atom stereocenters. The molecule has 1 aliphatic carbocycles. The van der Waals surface area contributed by atoms with E-state index in [0.29, 0.717) is 34.4 Å². The van der Waals surface area contributed by atoms with Gasteiger partial charge in [-0.05, 0) is 12.0 Å². The van der Waals surface area contributed by atoms with E-state index in [0.717, 1.165) is 0 Å². The standard InChI is InChI=1S/C17H14O8/c1-22-7-4-8-11(12-13(19)16(21)25-17(12)23-8)14-10(7)5-2-3-6(18)9(5)15(20)24-14/h4,12-13,16-17,19,21H,2-3H2,1H3. The van der Waals surface area contributed by atoms with Crippen molar-refractivity contribution in [2.75, 3.05) is 7.11 Å². The molecule has 0 saturated carbocycles. The van der Waals surface area contributed by atoms with Crippen molar-refractivity contribution in [2.24, 2.45) is 0 Å². The maximum Gasteiger partial charge on any atom is 0.347 e. The Bertz CT molecular complexity index is 991. The van der Waals surface area contributed by atoms with Gasteiger partial charge in [0.25, 0.3) is 0 Å². The SMILES string of the molecule is COc1cc2c(c3oc(=O)c4c(c13)CCC4=O)C1C(O2)OC(O)C1O. The smallest absolute Gasteiger partial charge is 0.347 e. The van der Waals surface area contributed by atoms with Gasteiger partial charge in [-0.2, -0.15) is 0 Å². The number of hydrogen-bond donors (Lipinski definition) is 2. The first kappa shape index (κ1) is 14.9. The molecule has 4 unspecified atom stereocenters. The van der Waals surface area contributed by atoms with Gasteiger partial charge in [-0.15, -0.1) is 0 Å². The fourth-order valence-electron chi connectivity index (χ4n) is 4.05. The number of methoxy groups -OCH3 is 1. The molecule has 3 heterocycles. The van der Waals surface area contributed by atoms with Crippen LogP contribution in [-0.4, -0.2) is 41.8 Å². The Morgan fingerprint density at radius 1 is 1.24 bits per heavy atom. The summed E-state index contributed by atoms with van der Waals surface area (Å²) >= 11 is 0. The number of carbonyl (C=O) groups excluding carboxylic acids is 1. The summed E-state index contributed by atoms with van der Waals surface area (Å²) in [5.74, 6) is -0.171. The van der Waals surface area contributed by atoms with Crippen molar-refractivity contribution in [3.05, 3.63) is 33.2 Å². The van der Waals surface area contributed by atoms with Crippen LogP contribution >= 0.6 is 0 Å². The largest absolute Gasteiger partial charge is 0.496 e. The molecule has 0 spiro atoms.